The molecule has 3 nitrogen and oxygen atoms in total. The number of halogens is 1. The molecule has 1 aliphatic heterocycles. The molecule has 1 heterocycles. The van der Waals surface area contributed by atoms with Crippen LogP contribution in [0.1, 0.15) is 30.4 Å². The van der Waals surface area contributed by atoms with Gasteiger partial charge in [-0.15, -0.1) is 0 Å². The number of rotatable bonds is 3. The molecule has 98 valence electrons. The van der Waals surface area contributed by atoms with E-state index in [1.54, 1.807) is 6.07 Å². The van der Waals surface area contributed by atoms with E-state index in [2.05, 4.69) is 0 Å². The number of hydrogen-bond acceptors (Lipinski definition) is 2. The van der Waals surface area contributed by atoms with E-state index in [0.717, 1.165) is 30.5 Å². The van der Waals surface area contributed by atoms with Crippen LogP contribution < -0.4 is 0 Å². The zero-order valence-electron chi connectivity index (χ0n) is 10.5. The Bertz CT molecular complexity index is 447. The van der Waals surface area contributed by atoms with E-state index in [0.29, 0.717) is 13.0 Å². The lowest BCUT2D eigenvalue weighted by atomic mass is 10.00. The molecular weight excluding hydrogens is 233 g/mol. The van der Waals surface area contributed by atoms with E-state index in [4.69, 9.17) is 0 Å². The van der Waals surface area contributed by atoms with Crippen molar-refractivity contribution in [2.45, 2.75) is 38.8 Å². The molecule has 2 rings (SSSR count). The van der Waals surface area contributed by atoms with Gasteiger partial charge in [0.05, 0.1) is 0 Å². The quantitative estimate of drug-likeness (QED) is 0.897. The molecule has 1 aromatic rings. The van der Waals surface area contributed by atoms with Gasteiger partial charge in [-0.1, -0.05) is 12.5 Å². The number of hydrogen-bond donors (Lipinski definition) is 1. The van der Waals surface area contributed by atoms with Gasteiger partial charge in [-0.05, 0) is 49.6 Å². The highest BCUT2D eigenvalue weighted by atomic mass is 19.1. The van der Waals surface area contributed by atoms with Crippen LogP contribution in [0.5, 0.6) is 0 Å². The average Bonchev–Trinajstić information content (AvgIpc) is 2.34. The molecule has 1 unspecified atom stereocenters. The smallest absolute Gasteiger partial charge is 0.320 e. The van der Waals surface area contributed by atoms with Crippen molar-refractivity contribution >= 4 is 5.97 Å². The monoisotopic (exact) mass is 251 g/mol. The summed E-state index contributed by atoms with van der Waals surface area (Å²) in [5.41, 5.74) is 1.88. The second kappa shape index (κ2) is 5.48. The van der Waals surface area contributed by atoms with E-state index < -0.39 is 12.0 Å². The summed E-state index contributed by atoms with van der Waals surface area (Å²) in [5.74, 6) is -1.04. The predicted octanol–water partition coefficient (Wildman–Crippen LogP) is 2.57. The third-order valence-corrected chi connectivity index (χ3v) is 3.58. The summed E-state index contributed by atoms with van der Waals surface area (Å²) in [7, 11) is 0. The van der Waals surface area contributed by atoms with Crippen molar-refractivity contribution < 1.29 is 14.3 Å². The molecule has 0 amide bonds. The van der Waals surface area contributed by atoms with Crippen LogP contribution in [0.25, 0.3) is 0 Å². The molecule has 1 N–H and O–H groups in total. The highest BCUT2D eigenvalue weighted by Crippen LogP contribution is 2.21. The molecule has 0 radical (unpaired) electrons. The zero-order chi connectivity index (χ0) is 13.1. The normalized spacial score (nSPS) is 20.9. The second-order valence-electron chi connectivity index (χ2n) is 4.89. The topological polar surface area (TPSA) is 40.5 Å². The number of aryl methyl sites for hydroxylation is 1. The summed E-state index contributed by atoms with van der Waals surface area (Å²) in [6.45, 7) is 3.21. The maximum Gasteiger partial charge on any atom is 0.320 e. The molecule has 1 aromatic carbocycles. The molecule has 0 saturated carbocycles. The van der Waals surface area contributed by atoms with Crippen LogP contribution >= 0.6 is 0 Å². The minimum Gasteiger partial charge on any atom is -0.480 e. The fourth-order valence-electron chi connectivity index (χ4n) is 2.49. The van der Waals surface area contributed by atoms with Crippen molar-refractivity contribution in [3.8, 4) is 0 Å². The molecule has 1 aliphatic rings. The van der Waals surface area contributed by atoms with Gasteiger partial charge in [0.2, 0.25) is 0 Å². The fourth-order valence-corrected chi connectivity index (χ4v) is 2.49. The van der Waals surface area contributed by atoms with Gasteiger partial charge in [0.1, 0.15) is 11.9 Å². The second-order valence-corrected chi connectivity index (χ2v) is 4.89. The van der Waals surface area contributed by atoms with Crippen molar-refractivity contribution in [1.82, 2.24) is 4.90 Å². The van der Waals surface area contributed by atoms with Crippen LogP contribution in [-0.4, -0.2) is 28.6 Å². The molecule has 18 heavy (non-hydrogen) atoms. The molecule has 1 saturated heterocycles. The molecule has 1 fully saturated rings. The first kappa shape index (κ1) is 13.0. The number of carbonyl (C=O) groups is 1. The number of benzene rings is 1. The van der Waals surface area contributed by atoms with Crippen LogP contribution in [0.2, 0.25) is 0 Å². The van der Waals surface area contributed by atoms with Gasteiger partial charge in [0, 0.05) is 6.54 Å². The van der Waals surface area contributed by atoms with E-state index >= 15 is 0 Å². The summed E-state index contributed by atoms with van der Waals surface area (Å²) in [5, 5.41) is 9.19. The molecule has 1 atom stereocenters. The van der Waals surface area contributed by atoms with Crippen molar-refractivity contribution in [3.63, 3.8) is 0 Å². The minimum absolute atomic E-state index is 0.264. The van der Waals surface area contributed by atoms with Gasteiger partial charge < -0.3 is 5.11 Å². The van der Waals surface area contributed by atoms with Gasteiger partial charge in [-0.3, -0.25) is 9.69 Å². The van der Waals surface area contributed by atoms with Gasteiger partial charge >= 0.3 is 5.97 Å². The number of piperidine rings is 1. The lowest BCUT2D eigenvalue weighted by Gasteiger charge is -2.33. The Morgan fingerprint density at radius 3 is 3.00 bits per heavy atom. The molecule has 0 aliphatic carbocycles. The number of likely N-dealkylation sites (tertiary alicyclic amines) is 1. The molecule has 0 bridgehead atoms. The van der Waals surface area contributed by atoms with Gasteiger partial charge in [-0.25, -0.2) is 4.39 Å². The highest BCUT2D eigenvalue weighted by Gasteiger charge is 2.28. The maximum atomic E-state index is 13.2. The molecular formula is C14H18FNO2. The number of carboxylic acids is 1. The Hall–Kier alpha value is -1.42. The first-order chi connectivity index (χ1) is 8.58. The summed E-state index contributed by atoms with van der Waals surface area (Å²) in [6.07, 6.45) is 2.65. The van der Waals surface area contributed by atoms with Gasteiger partial charge in [0.15, 0.2) is 0 Å². The summed E-state index contributed by atoms with van der Waals surface area (Å²) in [6, 6.07) is 4.25. The minimum atomic E-state index is -0.774. The van der Waals surface area contributed by atoms with E-state index in [1.807, 2.05) is 11.8 Å². The highest BCUT2D eigenvalue weighted by molar-refractivity contribution is 5.73. The van der Waals surface area contributed by atoms with E-state index in [1.165, 1.54) is 12.1 Å². The average molecular weight is 251 g/mol. The van der Waals surface area contributed by atoms with Crippen molar-refractivity contribution in [2.24, 2.45) is 0 Å². The van der Waals surface area contributed by atoms with Gasteiger partial charge in [-0.2, -0.15) is 0 Å². The van der Waals surface area contributed by atoms with Gasteiger partial charge in [0.25, 0.3) is 0 Å². The Morgan fingerprint density at radius 2 is 2.28 bits per heavy atom. The number of carboxylic acid groups (broad SMARTS) is 1. The van der Waals surface area contributed by atoms with E-state index in [-0.39, 0.29) is 5.82 Å². The largest absolute Gasteiger partial charge is 0.480 e. The third kappa shape index (κ3) is 2.88. The Morgan fingerprint density at radius 1 is 1.50 bits per heavy atom. The van der Waals surface area contributed by atoms with Crippen LogP contribution in [-0.2, 0) is 11.3 Å². The van der Waals surface area contributed by atoms with Crippen LogP contribution in [0.15, 0.2) is 18.2 Å². The summed E-state index contributed by atoms with van der Waals surface area (Å²) >= 11 is 0. The Labute approximate surface area is 106 Å². The first-order valence-electron chi connectivity index (χ1n) is 6.30. The summed E-state index contributed by atoms with van der Waals surface area (Å²) < 4.78 is 13.2. The maximum absolute atomic E-state index is 13.2. The van der Waals surface area contributed by atoms with Crippen LogP contribution in [0.4, 0.5) is 4.39 Å². The lowest BCUT2D eigenvalue weighted by Crippen LogP contribution is -2.44. The third-order valence-electron chi connectivity index (χ3n) is 3.58. The predicted molar refractivity (Wildman–Crippen MR) is 66.8 cm³/mol. The Kier molecular flexibility index (Phi) is 3.97. The van der Waals surface area contributed by atoms with Crippen molar-refractivity contribution in [2.75, 3.05) is 6.54 Å². The molecule has 0 aromatic heterocycles. The lowest BCUT2D eigenvalue weighted by molar-refractivity contribution is -0.144. The number of aliphatic carboxylic acids is 1. The van der Waals surface area contributed by atoms with Crippen molar-refractivity contribution in [1.29, 1.82) is 0 Å². The molecule has 0 spiro atoms. The van der Waals surface area contributed by atoms with Crippen LogP contribution in [0, 0.1) is 12.7 Å². The Balaban J connectivity index is 2.15. The fraction of sp³-hybridized carbons (Fsp3) is 0.500. The SMILES string of the molecule is Cc1ccc(F)cc1CN1CCCCC1C(=O)O. The number of nitrogens with zero attached hydrogens (tertiary/aromatic N) is 1. The van der Waals surface area contributed by atoms with E-state index in [9.17, 15) is 14.3 Å². The van der Waals surface area contributed by atoms with Crippen LogP contribution in [0.3, 0.4) is 0 Å². The zero-order valence-corrected chi connectivity index (χ0v) is 10.5. The molecule has 4 heteroatoms. The van der Waals surface area contributed by atoms with Crippen molar-refractivity contribution in [3.05, 3.63) is 35.1 Å². The summed E-state index contributed by atoms with van der Waals surface area (Å²) in [4.78, 5) is 13.1. The first-order valence-corrected chi connectivity index (χ1v) is 6.30. The standard InChI is InChI=1S/C14H18FNO2/c1-10-5-6-12(15)8-11(10)9-16-7-3-2-4-13(16)14(17)18/h5-6,8,13H,2-4,7,9H2,1H3,(H,17,18).